The molecule has 0 aliphatic heterocycles. The van der Waals surface area contributed by atoms with Crippen molar-refractivity contribution >= 4 is 17.5 Å². The quantitative estimate of drug-likeness (QED) is 0.718. The molecule has 29 heavy (non-hydrogen) atoms. The van der Waals surface area contributed by atoms with E-state index in [1.54, 1.807) is 11.8 Å². The van der Waals surface area contributed by atoms with Crippen LogP contribution in [0.5, 0.6) is 5.75 Å². The number of carbonyl (C=O) groups excluding carboxylic acids is 1. The Morgan fingerprint density at radius 1 is 1.24 bits per heavy atom. The van der Waals surface area contributed by atoms with Crippen LogP contribution in [0.4, 0.5) is 0 Å². The van der Waals surface area contributed by atoms with Gasteiger partial charge in [0.25, 0.3) is 0 Å². The number of methoxy groups -OCH3 is 1. The molecule has 0 radical (unpaired) electrons. The van der Waals surface area contributed by atoms with E-state index in [0.29, 0.717) is 6.54 Å². The summed E-state index contributed by atoms with van der Waals surface area (Å²) in [6.07, 6.45) is 8.97. The predicted molar refractivity (Wildman–Crippen MR) is 109 cm³/mol. The Morgan fingerprint density at radius 2 is 1.93 bits per heavy atom. The summed E-state index contributed by atoms with van der Waals surface area (Å²) in [7, 11) is 1.68. The van der Waals surface area contributed by atoms with Gasteiger partial charge in [0, 0.05) is 12.1 Å². The Balaban J connectivity index is 1.46. The fourth-order valence-corrected chi connectivity index (χ4v) is 6.58. The molecule has 0 saturated heterocycles. The van der Waals surface area contributed by atoms with E-state index in [0.717, 1.165) is 48.3 Å². The molecule has 4 aliphatic rings. The lowest BCUT2D eigenvalue weighted by molar-refractivity contribution is -0.153. The first-order valence-electron chi connectivity index (χ1n) is 10.5. The lowest BCUT2D eigenvalue weighted by Crippen LogP contribution is -2.61. The van der Waals surface area contributed by atoms with E-state index in [9.17, 15) is 4.79 Å². The minimum absolute atomic E-state index is 0.0285. The van der Waals surface area contributed by atoms with E-state index >= 15 is 0 Å². The van der Waals surface area contributed by atoms with Crippen molar-refractivity contribution in [1.29, 1.82) is 0 Å². The summed E-state index contributed by atoms with van der Waals surface area (Å²) in [4.78, 5) is 19.7. The monoisotopic (exact) mass is 414 g/mol. The third kappa shape index (κ3) is 3.63. The van der Waals surface area contributed by atoms with E-state index < -0.39 is 0 Å². The number of hydrogen-bond donors (Lipinski definition) is 0. The fourth-order valence-electron chi connectivity index (χ4n) is 6.44. The zero-order valence-electron chi connectivity index (χ0n) is 16.8. The Kier molecular flexibility index (Phi) is 4.77. The third-order valence-electron chi connectivity index (χ3n) is 7.16. The maximum absolute atomic E-state index is 13.6. The van der Waals surface area contributed by atoms with Crippen molar-refractivity contribution in [2.45, 2.75) is 57.2 Å². The van der Waals surface area contributed by atoms with Gasteiger partial charge in [-0.1, -0.05) is 12.1 Å². The minimum Gasteiger partial charge on any atom is -0.497 e. The van der Waals surface area contributed by atoms with E-state index in [-0.39, 0.29) is 23.3 Å². The molecular formula is C22H27ClN4O2. The molecule has 1 amide bonds. The summed E-state index contributed by atoms with van der Waals surface area (Å²) in [6, 6.07) is 8.05. The van der Waals surface area contributed by atoms with Gasteiger partial charge >= 0.3 is 0 Å². The molecule has 1 heterocycles. The number of benzene rings is 1. The first-order valence-corrected chi connectivity index (χ1v) is 10.9. The lowest BCUT2D eigenvalue weighted by atomic mass is 9.52. The Labute approximate surface area is 176 Å². The van der Waals surface area contributed by atoms with Crippen LogP contribution in [0.3, 0.4) is 0 Å². The molecule has 0 unspecified atom stereocenters. The van der Waals surface area contributed by atoms with Gasteiger partial charge in [-0.3, -0.25) is 4.79 Å². The summed E-state index contributed by atoms with van der Waals surface area (Å²) >= 11 is 5.86. The van der Waals surface area contributed by atoms with Crippen LogP contribution >= 0.6 is 11.6 Å². The highest BCUT2D eigenvalue weighted by Gasteiger charge is 2.54. The maximum Gasteiger partial charge on any atom is 0.245 e. The first kappa shape index (κ1) is 18.9. The van der Waals surface area contributed by atoms with Crippen molar-refractivity contribution < 1.29 is 9.53 Å². The van der Waals surface area contributed by atoms with Crippen LogP contribution in [-0.2, 0) is 17.9 Å². The first-order chi connectivity index (χ1) is 14.0. The van der Waals surface area contributed by atoms with Crippen LogP contribution in [0.1, 0.15) is 44.1 Å². The van der Waals surface area contributed by atoms with Crippen molar-refractivity contribution in [3.63, 3.8) is 0 Å². The molecule has 1 aromatic carbocycles. The zero-order chi connectivity index (χ0) is 20.0. The number of hydrogen-bond acceptors (Lipinski definition) is 4. The number of ether oxygens (including phenoxy) is 1. The largest absolute Gasteiger partial charge is 0.497 e. The molecule has 2 aromatic rings. The highest BCUT2D eigenvalue weighted by Crippen LogP contribution is 2.58. The van der Waals surface area contributed by atoms with Crippen molar-refractivity contribution in [2.24, 2.45) is 17.8 Å². The van der Waals surface area contributed by atoms with Crippen LogP contribution in [0.25, 0.3) is 0 Å². The summed E-state index contributed by atoms with van der Waals surface area (Å²) in [5.41, 5.74) is 1.07. The standard InChI is InChI=1S/C22H27ClN4O2/c1-29-19-4-2-3-15(8-19)12-27(20(28)13-26-14-24-21(23)25-26)22-9-16-5-17(10-22)7-18(6-16)11-22/h2-4,8,14,16-18H,5-7,9-13H2,1H3. The second kappa shape index (κ2) is 7.31. The number of amides is 1. The SMILES string of the molecule is COc1cccc(CN(C(=O)Cn2cnc(Cl)n2)C23CC4CC(CC(C4)C2)C3)c1. The van der Waals surface area contributed by atoms with Gasteiger partial charge in [0.1, 0.15) is 18.6 Å². The Hall–Kier alpha value is -2.08. The summed E-state index contributed by atoms with van der Waals surface area (Å²) in [5, 5.41) is 4.29. The molecular weight excluding hydrogens is 388 g/mol. The van der Waals surface area contributed by atoms with Crippen molar-refractivity contribution in [3.8, 4) is 5.75 Å². The molecule has 7 heteroatoms. The molecule has 6 rings (SSSR count). The van der Waals surface area contributed by atoms with Crippen LogP contribution in [0, 0.1) is 17.8 Å². The highest BCUT2D eigenvalue weighted by atomic mass is 35.5. The molecule has 4 saturated carbocycles. The van der Waals surface area contributed by atoms with Gasteiger partial charge in [-0.05, 0) is 85.6 Å². The number of halogens is 1. The van der Waals surface area contributed by atoms with Gasteiger partial charge in [0.15, 0.2) is 0 Å². The van der Waals surface area contributed by atoms with Crippen LogP contribution in [0.15, 0.2) is 30.6 Å². The molecule has 0 atom stereocenters. The lowest BCUT2D eigenvalue weighted by Gasteiger charge is -2.60. The molecule has 154 valence electrons. The molecule has 4 bridgehead atoms. The predicted octanol–water partition coefficient (Wildman–Crippen LogP) is 3.94. The molecule has 4 aliphatic carbocycles. The summed E-state index contributed by atoms with van der Waals surface area (Å²) < 4.78 is 6.95. The second-order valence-electron chi connectivity index (χ2n) is 9.18. The van der Waals surface area contributed by atoms with Crippen LogP contribution < -0.4 is 4.74 Å². The van der Waals surface area contributed by atoms with E-state index in [1.165, 1.54) is 25.6 Å². The van der Waals surface area contributed by atoms with E-state index in [1.807, 2.05) is 18.2 Å². The van der Waals surface area contributed by atoms with E-state index in [4.69, 9.17) is 16.3 Å². The van der Waals surface area contributed by atoms with Gasteiger partial charge < -0.3 is 9.64 Å². The molecule has 1 aromatic heterocycles. The Bertz CT molecular complexity index is 876. The van der Waals surface area contributed by atoms with Gasteiger partial charge in [-0.15, -0.1) is 5.10 Å². The topological polar surface area (TPSA) is 60.2 Å². The smallest absolute Gasteiger partial charge is 0.245 e. The summed E-state index contributed by atoms with van der Waals surface area (Å²) in [5.74, 6) is 3.22. The minimum atomic E-state index is -0.0285. The molecule has 6 nitrogen and oxygen atoms in total. The zero-order valence-corrected chi connectivity index (χ0v) is 17.5. The molecule has 4 fully saturated rings. The molecule has 0 spiro atoms. The number of carbonyl (C=O) groups is 1. The van der Waals surface area contributed by atoms with Crippen LogP contribution in [0.2, 0.25) is 5.28 Å². The number of aromatic nitrogens is 3. The number of rotatable bonds is 6. The normalized spacial score (nSPS) is 29.8. The summed E-state index contributed by atoms with van der Waals surface area (Å²) in [6.45, 7) is 0.774. The fraction of sp³-hybridized carbons (Fsp3) is 0.591. The number of nitrogens with zero attached hydrogens (tertiary/aromatic N) is 4. The average molecular weight is 415 g/mol. The van der Waals surface area contributed by atoms with E-state index in [2.05, 4.69) is 21.0 Å². The van der Waals surface area contributed by atoms with Crippen molar-refractivity contribution in [1.82, 2.24) is 19.7 Å². The third-order valence-corrected chi connectivity index (χ3v) is 7.33. The Morgan fingerprint density at radius 3 is 2.52 bits per heavy atom. The van der Waals surface area contributed by atoms with Gasteiger partial charge in [0.05, 0.1) is 7.11 Å². The van der Waals surface area contributed by atoms with Gasteiger partial charge in [-0.2, -0.15) is 0 Å². The molecule has 0 N–H and O–H groups in total. The second-order valence-corrected chi connectivity index (χ2v) is 9.52. The average Bonchev–Trinajstić information content (AvgIpc) is 3.09. The van der Waals surface area contributed by atoms with Crippen molar-refractivity contribution in [3.05, 3.63) is 41.4 Å². The van der Waals surface area contributed by atoms with Gasteiger partial charge in [-0.25, -0.2) is 9.67 Å². The highest BCUT2D eigenvalue weighted by molar-refractivity contribution is 6.28. The van der Waals surface area contributed by atoms with Crippen LogP contribution in [-0.4, -0.2) is 38.2 Å². The van der Waals surface area contributed by atoms with Gasteiger partial charge in [0.2, 0.25) is 11.2 Å². The maximum atomic E-state index is 13.6. The van der Waals surface area contributed by atoms with Crippen molar-refractivity contribution in [2.75, 3.05) is 7.11 Å².